The first-order chi connectivity index (χ1) is 15.3. The highest BCUT2D eigenvalue weighted by Crippen LogP contribution is 2.53. The minimum Gasteiger partial charge on any atom is -0.476 e. The summed E-state index contributed by atoms with van der Waals surface area (Å²) in [5.74, 6) is 3.69. The van der Waals surface area contributed by atoms with Gasteiger partial charge in [-0.15, -0.1) is 15.3 Å². The van der Waals surface area contributed by atoms with Crippen molar-refractivity contribution in [3.8, 4) is 17.3 Å². The minimum absolute atomic E-state index is 0.318. The zero-order chi connectivity index (χ0) is 20.8. The van der Waals surface area contributed by atoms with Crippen LogP contribution in [0.2, 0.25) is 0 Å². The number of aliphatic hydroxyl groups excluding tert-OH is 1. The molecule has 0 atom stereocenters. The van der Waals surface area contributed by atoms with Crippen molar-refractivity contribution in [2.45, 2.75) is 63.2 Å². The number of hydrogen-bond donors (Lipinski definition) is 1. The van der Waals surface area contributed by atoms with Gasteiger partial charge in [-0.1, -0.05) is 30.3 Å². The van der Waals surface area contributed by atoms with Crippen LogP contribution in [0, 0.1) is 11.8 Å². The van der Waals surface area contributed by atoms with Gasteiger partial charge in [0, 0.05) is 23.3 Å². The lowest BCUT2D eigenvalue weighted by Gasteiger charge is -2.38. The van der Waals surface area contributed by atoms with Gasteiger partial charge >= 0.3 is 0 Å². The molecule has 0 saturated heterocycles. The summed E-state index contributed by atoms with van der Waals surface area (Å²) in [5.41, 5.74) is 4.59. The van der Waals surface area contributed by atoms with Crippen molar-refractivity contribution in [1.29, 1.82) is 0 Å². The molecule has 4 aliphatic rings. The molecule has 0 amide bonds. The smallest absolute Gasteiger partial charge is 0.235 e. The fraction of sp³-hybridized carbons (Fsp3) is 0.560. The number of aliphatic hydroxyl groups is 1. The Morgan fingerprint density at radius 2 is 1.52 bits per heavy atom. The van der Waals surface area contributed by atoms with E-state index in [1.807, 2.05) is 22.7 Å². The highest BCUT2D eigenvalue weighted by Gasteiger charge is 2.39. The lowest BCUT2D eigenvalue weighted by atomic mass is 9.67. The van der Waals surface area contributed by atoms with E-state index in [0.717, 1.165) is 48.6 Å². The summed E-state index contributed by atoms with van der Waals surface area (Å²) in [6, 6.07) is 10.2. The van der Waals surface area contributed by atoms with Gasteiger partial charge in [-0.25, -0.2) is 0 Å². The Morgan fingerprint density at radius 3 is 2.23 bits per heavy atom. The zero-order valence-electron chi connectivity index (χ0n) is 17.9. The molecule has 0 unspecified atom stereocenters. The average Bonchev–Trinajstić information content (AvgIpc) is 3.28. The maximum Gasteiger partial charge on any atom is 0.235 e. The van der Waals surface area contributed by atoms with Crippen LogP contribution >= 0.6 is 0 Å². The third-order valence-electron chi connectivity index (χ3n) is 7.85. The second kappa shape index (κ2) is 7.90. The van der Waals surface area contributed by atoms with Crippen molar-refractivity contribution < 1.29 is 9.84 Å². The monoisotopic (exact) mass is 418 g/mol. The van der Waals surface area contributed by atoms with Crippen LogP contribution in [0.25, 0.3) is 17.0 Å². The molecule has 0 aliphatic heterocycles. The van der Waals surface area contributed by atoms with Gasteiger partial charge in [0.05, 0.1) is 6.61 Å². The van der Waals surface area contributed by atoms with E-state index in [-0.39, 0.29) is 0 Å². The van der Waals surface area contributed by atoms with Crippen molar-refractivity contribution in [3.05, 3.63) is 41.5 Å². The summed E-state index contributed by atoms with van der Waals surface area (Å²) in [7, 11) is 0. The molecular formula is C25H30N4O2. The maximum atomic E-state index is 9.42. The lowest BCUT2D eigenvalue weighted by molar-refractivity contribution is 0.135. The second-order valence-corrected chi connectivity index (χ2v) is 9.69. The summed E-state index contributed by atoms with van der Waals surface area (Å²) >= 11 is 0. The Morgan fingerprint density at radius 1 is 0.839 bits per heavy atom. The normalized spacial score (nSPS) is 27.4. The van der Waals surface area contributed by atoms with Crippen LogP contribution < -0.4 is 4.74 Å². The lowest BCUT2D eigenvalue weighted by Crippen LogP contribution is -2.26. The van der Waals surface area contributed by atoms with E-state index in [2.05, 4.69) is 22.3 Å². The molecule has 0 radical (unpaired) electrons. The maximum absolute atomic E-state index is 9.42. The molecule has 2 bridgehead atoms. The summed E-state index contributed by atoms with van der Waals surface area (Å²) in [4.78, 5) is 0. The summed E-state index contributed by atoms with van der Waals surface area (Å²) < 4.78 is 8.41. The first kappa shape index (κ1) is 19.2. The molecule has 3 aromatic rings. The molecule has 162 valence electrons. The third kappa shape index (κ3) is 3.32. The standard InChI is InChI=1S/C25H30N4O2/c30-14-16-6-8-17(9-7-16)15-31-25-22-19-12-10-18(11-13-19)21(22)24-27-26-23(29(24)28-25)20-4-2-1-3-5-20/h1-5,16-19,30H,6-15H2. The van der Waals surface area contributed by atoms with E-state index in [9.17, 15) is 5.11 Å². The number of benzene rings is 1. The molecule has 1 aromatic carbocycles. The molecule has 1 N–H and O–H groups in total. The van der Waals surface area contributed by atoms with Crippen molar-refractivity contribution in [1.82, 2.24) is 19.8 Å². The largest absolute Gasteiger partial charge is 0.476 e. The Balaban J connectivity index is 1.38. The van der Waals surface area contributed by atoms with Crippen molar-refractivity contribution in [3.63, 3.8) is 0 Å². The Labute approximate surface area is 182 Å². The van der Waals surface area contributed by atoms with Gasteiger partial charge in [0.1, 0.15) is 0 Å². The second-order valence-electron chi connectivity index (χ2n) is 9.69. The van der Waals surface area contributed by atoms with Crippen LogP contribution in [0.4, 0.5) is 0 Å². The van der Waals surface area contributed by atoms with E-state index in [0.29, 0.717) is 36.9 Å². The van der Waals surface area contributed by atoms with Crippen molar-refractivity contribution in [2.75, 3.05) is 13.2 Å². The SMILES string of the molecule is OCC1CCC(COc2nn3c(-c4ccccc4)nnc3c3c2C2CCC3CC2)CC1. The van der Waals surface area contributed by atoms with E-state index in [4.69, 9.17) is 9.84 Å². The summed E-state index contributed by atoms with van der Waals surface area (Å²) in [5, 5.41) is 23.6. The average molecular weight is 419 g/mol. The highest BCUT2D eigenvalue weighted by atomic mass is 16.5. The molecule has 6 heteroatoms. The Bertz CT molecular complexity index is 1060. The quantitative estimate of drug-likeness (QED) is 0.649. The van der Waals surface area contributed by atoms with Gasteiger partial charge in [-0.05, 0) is 75.0 Å². The molecule has 2 saturated carbocycles. The number of fused-ring (bicyclic) bond motifs is 3. The van der Waals surface area contributed by atoms with Crippen LogP contribution in [0.1, 0.15) is 74.3 Å². The number of rotatable bonds is 5. The predicted molar refractivity (Wildman–Crippen MR) is 118 cm³/mol. The first-order valence-electron chi connectivity index (χ1n) is 11.9. The van der Waals surface area contributed by atoms with E-state index in [1.165, 1.54) is 36.8 Å². The molecule has 6 nitrogen and oxygen atoms in total. The third-order valence-corrected chi connectivity index (χ3v) is 7.85. The van der Waals surface area contributed by atoms with Gasteiger partial charge < -0.3 is 9.84 Å². The molecule has 31 heavy (non-hydrogen) atoms. The Kier molecular flexibility index (Phi) is 4.90. The highest BCUT2D eigenvalue weighted by molar-refractivity contribution is 5.65. The van der Waals surface area contributed by atoms with Crippen LogP contribution in [0.3, 0.4) is 0 Å². The molecular weight excluding hydrogens is 388 g/mol. The van der Waals surface area contributed by atoms with Crippen LogP contribution in [-0.4, -0.2) is 38.1 Å². The van der Waals surface area contributed by atoms with Crippen molar-refractivity contribution >= 4 is 5.65 Å². The molecule has 4 aliphatic carbocycles. The number of ether oxygens (including phenoxy) is 1. The van der Waals surface area contributed by atoms with Crippen LogP contribution in [0.15, 0.2) is 30.3 Å². The van der Waals surface area contributed by atoms with Gasteiger partial charge in [-0.2, -0.15) is 4.52 Å². The number of aromatic nitrogens is 4. The molecule has 2 heterocycles. The minimum atomic E-state index is 0.318. The summed E-state index contributed by atoms with van der Waals surface area (Å²) in [6.45, 7) is 1.03. The predicted octanol–water partition coefficient (Wildman–Crippen LogP) is 4.72. The van der Waals surface area contributed by atoms with Crippen LogP contribution in [-0.2, 0) is 0 Å². The topological polar surface area (TPSA) is 72.5 Å². The van der Waals surface area contributed by atoms with Crippen LogP contribution in [0.5, 0.6) is 5.88 Å². The van der Waals surface area contributed by atoms with Gasteiger partial charge in [-0.3, -0.25) is 0 Å². The fourth-order valence-electron chi connectivity index (χ4n) is 6.04. The Hall–Kier alpha value is -2.47. The van der Waals surface area contributed by atoms with Gasteiger partial charge in [0.25, 0.3) is 0 Å². The zero-order valence-corrected chi connectivity index (χ0v) is 17.9. The fourth-order valence-corrected chi connectivity index (χ4v) is 6.04. The van der Waals surface area contributed by atoms with E-state index < -0.39 is 0 Å². The van der Waals surface area contributed by atoms with Gasteiger partial charge in [0.15, 0.2) is 11.5 Å². The first-order valence-corrected chi connectivity index (χ1v) is 11.9. The van der Waals surface area contributed by atoms with Gasteiger partial charge in [0.2, 0.25) is 5.88 Å². The summed E-state index contributed by atoms with van der Waals surface area (Å²) in [6.07, 6.45) is 9.38. The number of hydrogen-bond acceptors (Lipinski definition) is 5. The van der Waals surface area contributed by atoms with E-state index >= 15 is 0 Å². The molecule has 0 spiro atoms. The van der Waals surface area contributed by atoms with Crippen molar-refractivity contribution in [2.24, 2.45) is 11.8 Å². The molecule has 2 fully saturated rings. The number of nitrogens with zero attached hydrogens (tertiary/aromatic N) is 4. The van der Waals surface area contributed by atoms with E-state index in [1.54, 1.807) is 0 Å². The molecule has 2 aromatic heterocycles. The molecule has 7 rings (SSSR count).